The first-order chi connectivity index (χ1) is 3.48. The highest BCUT2D eigenvalue weighted by atomic mass is 19.4. The van der Waals surface area contributed by atoms with Crippen LogP contribution in [0.25, 0.3) is 0 Å². The van der Waals surface area contributed by atoms with Crippen molar-refractivity contribution in [1.29, 1.82) is 0 Å². The van der Waals surface area contributed by atoms with Crippen LogP contribution in [-0.4, -0.2) is 12.3 Å². The van der Waals surface area contributed by atoms with Crippen LogP contribution >= 0.6 is 0 Å². The normalized spacial score (nSPS) is 16.1. The van der Waals surface area contributed by atoms with Gasteiger partial charge in [-0.05, 0) is 6.42 Å². The minimum Gasteiger partial charge on any atom is -0.238 e. The van der Waals surface area contributed by atoms with Crippen molar-refractivity contribution in [2.75, 3.05) is 0 Å². The van der Waals surface area contributed by atoms with Crippen molar-refractivity contribution in [3.05, 3.63) is 0 Å². The Bertz CT molecular complexity index is 64.9. The number of rotatable bonds is 1. The first-order valence-electron chi connectivity index (χ1n) is 2.19. The van der Waals surface area contributed by atoms with Gasteiger partial charge in [0.25, 0.3) is 0 Å². The van der Waals surface area contributed by atoms with Crippen molar-refractivity contribution in [2.45, 2.75) is 25.7 Å². The van der Waals surface area contributed by atoms with Crippen LogP contribution in [0.2, 0.25) is 0 Å². The Hall–Kier alpha value is -0.280. The van der Waals surface area contributed by atoms with Crippen molar-refractivity contribution in [1.82, 2.24) is 0 Å². The molecule has 0 bridgehead atoms. The van der Waals surface area contributed by atoms with E-state index < -0.39 is 18.8 Å². The molecule has 0 aliphatic carbocycles. The van der Waals surface area contributed by atoms with Crippen molar-refractivity contribution in [3.63, 3.8) is 0 Å². The number of hydrogen-bond donors (Lipinski definition) is 0. The Labute approximate surface area is 44.5 Å². The van der Waals surface area contributed by atoms with Gasteiger partial charge in [-0.15, -0.1) is 0 Å². The quantitative estimate of drug-likeness (QED) is 0.478. The third-order valence-corrected chi connectivity index (χ3v) is 0.714. The Morgan fingerprint density at radius 3 is 1.75 bits per heavy atom. The van der Waals surface area contributed by atoms with E-state index in [4.69, 9.17) is 0 Å². The highest BCUT2D eigenvalue weighted by molar-refractivity contribution is 4.61. The summed E-state index contributed by atoms with van der Waals surface area (Å²) in [7, 11) is 0. The number of hydrogen-bond acceptors (Lipinski definition) is 0. The number of alkyl halides is 4. The molecule has 0 saturated heterocycles. The maximum absolute atomic E-state index is 11.5. The van der Waals surface area contributed by atoms with Crippen LogP contribution in [-0.2, 0) is 0 Å². The molecule has 0 aromatic heterocycles. The van der Waals surface area contributed by atoms with Gasteiger partial charge in [0.1, 0.15) is 0 Å². The average Bonchev–Trinajstić information content (AvgIpc) is 1.62. The van der Waals surface area contributed by atoms with E-state index in [1.165, 1.54) is 0 Å². The van der Waals surface area contributed by atoms with Crippen LogP contribution in [0.15, 0.2) is 0 Å². The zero-order valence-electron chi connectivity index (χ0n) is 4.30. The van der Waals surface area contributed by atoms with E-state index in [0.29, 0.717) is 0 Å². The van der Waals surface area contributed by atoms with Gasteiger partial charge in [0.05, 0.1) is 0 Å². The molecule has 0 heterocycles. The third-order valence-electron chi connectivity index (χ3n) is 0.714. The van der Waals surface area contributed by atoms with Crippen LogP contribution in [0.1, 0.15) is 13.3 Å². The molecule has 4 heteroatoms. The van der Waals surface area contributed by atoms with Gasteiger partial charge in [0.2, 0.25) is 0 Å². The zero-order chi connectivity index (χ0) is 6.78. The van der Waals surface area contributed by atoms with Crippen molar-refractivity contribution in [3.8, 4) is 0 Å². The van der Waals surface area contributed by atoms with Gasteiger partial charge in [-0.1, -0.05) is 6.92 Å². The SMILES string of the molecule is CC[C@H](F)C(F)(F)F. The summed E-state index contributed by atoms with van der Waals surface area (Å²) in [6, 6.07) is 0. The molecular weight excluding hydrogens is 124 g/mol. The third kappa shape index (κ3) is 2.14. The lowest BCUT2D eigenvalue weighted by molar-refractivity contribution is -0.180. The first kappa shape index (κ1) is 7.72. The standard InChI is InChI=1S/C4H6F4/c1-2-3(5)4(6,7)8/h3H,2H2,1H3/t3-/m0/s1. The fourth-order valence-electron chi connectivity index (χ4n) is 0.231. The lowest BCUT2D eigenvalue weighted by atomic mass is 10.3. The first-order valence-corrected chi connectivity index (χ1v) is 2.19. The second kappa shape index (κ2) is 2.33. The molecule has 0 radical (unpaired) electrons. The van der Waals surface area contributed by atoms with Gasteiger partial charge in [0, 0.05) is 0 Å². The molecule has 0 amide bonds. The van der Waals surface area contributed by atoms with Gasteiger partial charge in [-0.3, -0.25) is 0 Å². The second-order valence-corrected chi connectivity index (χ2v) is 1.42. The molecule has 0 unspecified atom stereocenters. The van der Waals surface area contributed by atoms with E-state index in [9.17, 15) is 17.6 Å². The maximum atomic E-state index is 11.5. The zero-order valence-corrected chi connectivity index (χ0v) is 4.30. The minimum atomic E-state index is -4.66. The molecule has 0 saturated carbocycles. The predicted octanol–water partition coefficient (Wildman–Crippen LogP) is 2.30. The lowest BCUT2D eigenvalue weighted by Gasteiger charge is -2.07. The van der Waals surface area contributed by atoms with Crippen LogP contribution < -0.4 is 0 Å². The average molecular weight is 130 g/mol. The van der Waals surface area contributed by atoms with Gasteiger partial charge in [-0.25, -0.2) is 4.39 Å². The Morgan fingerprint density at radius 2 is 1.75 bits per heavy atom. The van der Waals surface area contributed by atoms with E-state index in [0.717, 1.165) is 6.92 Å². The molecular formula is C4H6F4. The molecule has 0 aromatic carbocycles. The Morgan fingerprint density at radius 1 is 1.38 bits per heavy atom. The van der Waals surface area contributed by atoms with E-state index in [2.05, 4.69) is 0 Å². The fraction of sp³-hybridized carbons (Fsp3) is 1.00. The summed E-state index contributed by atoms with van der Waals surface area (Å²) in [4.78, 5) is 0. The van der Waals surface area contributed by atoms with Crippen LogP contribution in [0.3, 0.4) is 0 Å². The summed E-state index contributed by atoms with van der Waals surface area (Å²) in [5.41, 5.74) is 0. The fourth-order valence-corrected chi connectivity index (χ4v) is 0.231. The number of halogens is 4. The topological polar surface area (TPSA) is 0 Å². The highest BCUT2D eigenvalue weighted by Gasteiger charge is 2.38. The molecule has 50 valence electrons. The summed E-state index contributed by atoms with van der Waals surface area (Å²) in [6.07, 6.45) is -7.80. The summed E-state index contributed by atoms with van der Waals surface area (Å²) < 4.78 is 44.7. The molecule has 1 atom stereocenters. The van der Waals surface area contributed by atoms with E-state index in [-0.39, 0.29) is 0 Å². The molecule has 8 heavy (non-hydrogen) atoms. The molecule has 0 rings (SSSR count). The molecule has 0 nitrogen and oxygen atoms in total. The van der Waals surface area contributed by atoms with E-state index in [1.807, 2.05) is 0 Å². The monoisotopic (exact) mass is 130 g/mol. The summed E-state index contributed by atoms with van der Waals surface area (Å²) >= 11 is 0. The minimum absolute atomic E-state index is 0.497. The van der Waals surface area contributed by atoms with Crippen LogP contribution in [0.4, 0.5) is 17.6 Å². The van der Waals surface area contributed by atoms with Gasteiger partial charge in [-0.2, -0.15) is 13.2 Å². The van der Waals surface area contributed by atoms with Gasteiger partial charge in [0.15, 0.2) is 6.17 Å². The molecule has 0 aliphatic rings. The molecule has 0 spiro atoms. The summed E-state index contributed by atoms with van der Waals surface area (Å²) in [6.45, 7) is 1.15. The van der Waals surface area contributed by atoms with Gasteiger partial charge >= 0.3 is 6.18 Å². The van der Waals surface area contributed by atoms with E-state index >= 15 is 0 Å². The summed E-state index contributed by atoms with van der Waals surface area (Å²) in [5, 5.41) is 0. The smallest absolute Gasteiger partial charge is 0.238 e. The molecule has 0 aromatic rings. The maximum Gasteiger partial charge on any atom is 0.419 e. The second-order valence-electron chi connectivity index (χ2n) is 1.42. The molecule has 0 N–H and O–H groups in total. The van der Waals surface area contributed by atoms with Gasteiger partial charge < -0.3 is 0 Å². The van der Waals surface area contributed by atoms with Crippen LogP contribution in [0.5, 0.6) is 0 Å². The van der Waals surface area contributed by atoms with Crippen molar-refractivity contribution >= 4 is 0 Å². The summed E-state index contributed by atoms with van der Waals surface area (Å²) in [5.74, 6) is 0. The largest absolute Gasteiger partial charge is 0.419 e. The Balaban J connectivity index is 3.62. The lowest BCUT2D eigenvalue weighted by Crippen LogP contribution is -2.22. The predicted molar refractivity (Wildman–Crippen MR) is 21.2 cm³/mol. The Kier molecular flexibility index (Phi) is 2.25. The highest BCUT2D eigenvalue weighted by Crippen LogP contribution is 2.24. The van der Waals surface area contributed by atoms with Crippen molar-refractivity contribution < 1.29 is 17.6 Å². The van der Waals surface area contributed by atoms with E-state index in [1.54, 1.807) is 0 Å². The molecule has 0 fully saturated rings. The molecule has 0 aliphatic heterocycles. The van der Waals surface area contributed by atoms with Crippen molar-refractivity contribution in [2.24, 2.45) is 0 Å². The van der Waals surface area contributed by atoms with Crippen LogP contribution in [0, 0.1) is 0 Å².